The standard InChI is InChI=1S/C21H16Cl2N2/c1-14-6-8-15(9-7-14)13-25-20-5-3-2-4-19(20)24-21(25)17-11-10-16(22)12-18(17)23/h2-12H,13H2,1H3. The molecule has 124 valence electrons. The van der Waals surface area contributed by atoms with Gasteiger partial charge in [0.05, 0.1) is 16.1 Å². The number of benzene rings is 3. The second kappa shape index (κ2) is 6.55. The predicted molar refractivity (Wildman–Crippen MR) is 105 cm³/mol. The molecule has 0 radical (unpaired) electrons. The fourth-order valence-electron chi connectivity index (χ4n) is 2.99. The Morgan fingerprint density at radius 2 is 1.68 bits per heavy atom. The van der Waals surface area contributed by atoms with Crippen molar-refractivity contribution in [2.75, 3.05) is 0 Å². The Bertz CT molecular complexity index is 1050. The van der Waals surface area contributed by atoms with Gasteiger partial charge in [-0.3, -0.25) is 0 Å². The summed E-state index contributed by atoms with van der Waals surface area (Å²) in [4.78, 5) is 4.82. The minimum atomic E-state index is 0.605. The van der Waals surface area contributed by atoms with Crippen molar-refractivity contribution in [3.63, 3.8) is 0 Å². The average molecular weight is 367 g/mol. The molecule has 4 rings (SSSR count). The number of halogens is 2. The van der Waals surface area contributed by atoms with Gasteiger partial charge in [-0.15, -0.1) is 0 Å². The van der Waals surface area contributed by atoms with Gasteiger partial charge in [-0.1, -0.05) is 65.2 Å². The number of nitrogens with zero attached hydrogens (tertiary/aromatic N) is 2. The van der Waals surface area contributed by atoms with Crippen LogP contribution >= 0.6 is 23.2 Å². The van der Waals surface area contributed by atoms with Gasteiger partial charge < -0.3 is 4.57 Å². The summed E-state index contributed by atoms with van der Waals surface area (Å²) in [5.74, 6) is 0.850. The molecule has 4 heteroatoms. The fourth-order valence-corrected chi connectivity index (χ4v) is 3.48. The molecular weight excluding hydrogens is 351 g/mol. The first-order valence-electron chi connectivity index (χ1n) is 8.08. The molecule has 0 atom stereocenters. The summed E-state index contributed by atoms with van der Waals surface area (Å²) in [6.07, 6.45) is 0. The maximum atomic E-state index is 6.45. The summed E-state index contributed by atoms with van der Waals surface area (Å²) in [6.45, 7) is 2.82. The van der Waals surface area contributed by atoms with Crippen molar-refractivity contribution >= 4 is 34.2 Å². The van der Waals surface area contributed by atoms with E-state index < -0.39 is 0 Å². The van der Waals surface area contributed by atoms with Crippen molar-refractivity contribution in [1.82, 2.24) is 9.55 Å². The number of para-hydroxylation sites is 2. The molecule has 4 aromatic rings. The largest absolute Gasteiger partial charge is 0.319 e. The molecule has 1 heterocycles. The number of hydrogen-bond acceptors (Lipinski definition) is 1. The van der Waals surface area contributed by atoms with Crippen LogP contribution < -0.4 is 0 Å². The second-order valence-electron chi connectivity index (χ2n) is 6.12. The smallest absolute Gasteiger partial charge is 0.142 e. The number of imidazole rings is 1. The molecule has 0 saturated heterocycles. The number of hydrogen-bond donors (Lipinski definition) is 0. The van der Waals surface area contributed by atoms with Gasteiger partial charge in [0.2, 0.25) is 0 Å². The zero-order valence-electron chi connectivity index (χ0n) is 13.7. The molecule has 0 spiro atoms. The molecule has 2 nitrogen and oxygen atoms in total. The fraction of sp³-hybridized carbons (Fsp3) is 0.0952. The summed E-state index contributed by atoms with van der Waals surface area (Å²) >= 11 is 12.5. The molecule has 0 amide bonds. The topological polar surface area (TPSA) is 17.8 Å². The summed E-state index contributed by atoms with van der Waals surface area (Å²) in [5, 5.41) is 1.22. The number of aromatic nitrogens is 2. The van der Waals surface area contributed by atoms with E-state index in [1.165, 1.54) is 11.1 Å². The van der Waals surface area contributed by atoms with Gasteiger partial charge in [0.1, 0.15) is 5.82 Å². The molecule has 0 N–H and O–H groups in total. The van der Waals surface area contributed by atoms with Crippen LogP contribution in [0, 0.1) is 6.92 Å². The normalized spacial score (nSPS) is 11.2. The first kappa shape index (κ1) is 16.2. The van der Waals surface area contributed by atoms with Gasteiger partial charge >= 0.3 is 0 Å². The third-order valence-electron chi connectivity index (χ3n) is 4.29. The van der Waals surface area contributed by atoms with Crippen molar-refractivity contribution in [1.29, 1.82) is 0 Å². The first-order chi connectivity index (χ1) is 12.1. The van der Waals surface area contributed by atoms with Crippen LogP contribution in [0.4, 0.5) is 0 Å². The lowest BCUT2D eigenvalue weighted by molar-refractivity contribution is 0.834. The van der Waals surface area contributed by atoms with Gasteiger partial charge in [0.25, 0.3) is 0 Å². The Morgan fingerprint density at radius 3 is 2.44 bits per heavy atom. The Balaban J connectivity index is 1.90. The number of fused-ring (bicyclic) bond motifs is 1. The summed E-state index contributed by atoms with van der Waals surface area (Å²) in [7, 11) is 0. The Kier molecular flexibility index (Phi) is 4.24. The SMILES string of the molecule is Cc1ccc(Cn2c(-c3ccc(Cl)cc3Cl)nc3ccccc32)cc1. The highest BCUT2D eigenvalue weighted by atomic mass is 35.5. The molecule has 0 bridgehead atoms. The third-order valence-corrected chi connectivity index (χ3v) is 4.84. The lowest BCUT2D eigenvalue weighted by Gasteiger charge is -2.11. The van der Waals surface area contributed by atoms with E-state index in [4.69, 9.17) is 28.2 Å². The molecular formula is C21H16Cl2N2. The van der Waals surface area contributed by atoms with Crippen molar-refractivity contribution < 1.29 is 0 Å². The van der Waals surface area contributed by atoms with E-state index in [1.807, 2.05) is 30.3 Å². The Labute approximate surface area is 156 Å². The van der Waals surface area contributed by atoms with Gasteiger partial charge in [0.15, 0.2) is 0 Å². The van der Waals surface area contributed by atoms with E-state index in [0.29, 0.717) is 10.0 Å². The number of aryl methyl sites for hydroxylation is 1. The highest BCUT2D eigenvalue weighted by Crippen LogP contribution is 2.32. The zero-order valence-corrected chi connectivity index (χ0v) is 15.2. The van der Waals surface area contributed by atoms with Crippen LogP contribution in [-0.2, 0) is 6.54 Å². The van der Waals surface area contributed by atoms with Gasteiger partial charge in [-0.2, -0.15) is 0 Å². The van der Waals surface area contributed by atoms with Crippen LogP contribution in [-0.4, -0.2) is 9.55 Å². The molecule has 3 aromatic carbocycles. The van der Waals surface area contributed by atoms with Crippen LogP contribution in [0.3, 0.4) is 0 Å². The van der Waals surface area contributed by atoms with Crippen molar-refractivity contribution in [3.05, 3.63) is 87.9 Å². The van der Waals surface area contributed by atoms with Crippen molar-refractivity contribution in [3.8, 4) is 11.4 Å². The summed E-state index contributed by atoms with van der Waals surface area (Å²) in [6, 6.07) is 22.2. The predicted octanol–water partition coefficient (Wildman–Crippen LogP) is 6.37. The van der Waals surface area contributed by atoms with Crippen LogP contribution in [0.5, 0.6) is 0 Å². The minimum Gasteiger partial charge on any atom is -0.319 e. The molecule has 0 aliphatic rings. The van der Waals surface area contributed by atoms with E-state index in [1.54, 1.807) is 6.07 Å². The lowest BCUT2D eigenvalue weighted by atomic mass is 10.1. The Hall–Kier alpha value is -2.29. The minimum absolute atomic E-state index is 0.605. The molecule has 0 aliphatic carbocycles. The zero-order chi connectivity index (χ0) is 17.4. The molecule has 25 heavy (non-hydrogen) atoms. The Morgan fingerprint density at radius 1 is 0.920 bits per heavy atom. The van der Waals surface area contributed by atoms with Gasteiger partial charge in [-0.05, 0) is 42.8 Å². The van der Waals surface area contributed by atoms with E-state index in [-0.39, 0.29) is 0 Å². The van der Waals surface area contributed by atoms with Crippen LogP contribution in [0.2, 0.25) is 10.0 Å². The van der Waals surface area contributed by atoms with E-state index in [9.17, 15) is 0 Å². The van der Waals surface area contributed by atoms with Crippen LogP contribution in [0.15, 0.2) is 66.7 Å². The van der Waals surface area contributed by atoms with Crippen molar-refractivity contribution in [2.45, 2.75) is 13.5 Å². The summed E-state index contributed by atoms with van der Waals surface area (Å²) in [5.41, 5.74) is 5.40. The van der Waals surface area contributed by atoms with Gasteiger partial charge in [-0.25, -0.2) is 4.98 Å². The van der Waals surface area contributed by atoms with Crippen LogP contribution in [0.25, 0.3) is 22.4 Å². The third kappa shape index (κ3) is 3.15. The van der Waals surface area contributed by atoms with E-state index in [2.05, 4.69) is 41.8 Å². The monoisotopic (exact) mass is 366 g/mol. The van der Waals surface area contributed by atoms with Gasteiger partial charge in [0, 0.05) is 17.1 Å². The average Bonchev–Trinajstić information content (AvgIpc) is 2.95. The maximum absolute atomic E-state index is 6.45. The summed E-state index contributed by atoms with van der Waals surface area (Å²) < 4.78 is 2.20. The molecule has 0 unspecified atom stereocenters. The first-order valence-corrected chi connectivity index (χ1v) is 8.83. The molecule has 0 aliphatic heterocycles. The number of rotatable bonds is 3. The van der Waals surface area contributed by atoms with E-state index >= 15 is 0 Å². The molecule has 0 fully saturated rings. The molecule has 0 saturated carbocycles. The van der Waals surface area contributed by atoms with Crippen LogP contribution in [0.1, 0.15) is 11.1 Å². The highest BCUT2D eigenvalue weighted by molar-refractivity contribution is 6.36. The van der Waals surface area contributed by atoms with Crippen molar-refractivity contribution in [2.24, 2.45) is 0 Å². The van der Waals surface area contributed by atoms with E-state index in [0.717, 1.165) is 29.0 Å². The maximum Gasteiger partial charge on any atom is 0.142 e. The molecule has 1 aromatic heterocycles. The highest BCUT2D eigenvalue weighted by Gasteiger charge is 2.15. The lowest BCUT2D eigenvalue weighted by Crippen LogP contribution is -2.02. The quantitative estimate of drug-likeness (QED) is 0.412. The second-order valence-corrected chi connectivity index (χ2v) is 6.96.